The second-order valence-electron chi connectivity index (χ2n) is 6.68. The van der Waals surface area contributed by atoms with Crippen molar-refractivity contribution in [2.75, 3.05) is 29.2 Å². The minimum Gasteiger partial charge on any atom is -0.378 e. The van der Waals surface area contributed by atoms with Gasteiger partial charge < -0.3 is 10.2 Å². The Balaban J connectivity index is 1.87. The number of urea groups is 1. The van der Waals surface area contributed by atoms with Gasteiger partial charge in [-0.05, 0) is 54.1 Å². The van der Waals surface area contributed by atoms with E-state index in [4.69, 9.17) is 0 Å². The van der Waals surface area contributed by atoms with Crippen LogP contribution in [0.3, 0.4) is 0 Å². The van der Waals surface area contributed by atoms with Crippen LogP contribution in [0.1, 0.15) is 5.56 Å². The Morgan fingerprint density at radius 2 is 1.41 bits per heavy atom. The van der Waals surface area contributed by atoms with Gasteiger partial charge in [0.2, 0.25) is 0 Å². The molecule has 0 unspecified atom stereocenters. The van der Waals surface area contributed by atoms with E-state index in [-0.39, 0.29) is 12.2 Å². The summed E-state index contributed by atoms with van der Waals surface area (Å²) in [6, 6.07) is 15.2. The summed E-state index contributed by atoms with van der Waals surface area (Å²) in [7, 11) is 3.84. The molecule has 0 bridgehead atoms. The van der Waals surface area contributed by atoms with E-state index in [1.165, 1.54) is 29.2 Å². The van der Waals surface area contributed by atoms with Crippen LogP contribution in [0.5, 0.6) is 0 Å². The molecule has 0 atom stereocenters. The van der Waals surface area contributed by atoms with Crippen LogP contribution in [0.2, 0.25) is 0 Å². The van der Waals surface area contributed by atoms with Crippen LogP contribution < -0.4 is 15.1 Å². The summed E-state index contributed by atoms with van der Waals surface area (Å²) < 4.78 is 40.4. The number of anilines is 3. The van der Waals surface area contributed by atoms with Crippen molar-refractivity contribution in [2.45, 2.75) is 6.54 Å². The van der Waals surface area contributed by atoms with Gasteiger partial charge in [0.05, 0.1) is 12.2 Å². The number of carbonyl (C=O) groups excluding carboxylic acids is 1. The lowest BCUT2D eigenvalue weighted by atomic mass is 10.1. The average Bonchev–Trinajstić information content (AvgIpc) is 2.69. The third kappa shape index (κ3) is 5.07. The summed E-state index contributed by atoms with van der Waals surface area (Å²) >= 11 is 0. The first-order valence-electron chi connectivity index (χ1n) is 8.89. The molecule has 0 saturated heterocycles. The highest BCUT2D eigenvalue weighted by atomic mass is 19.1. The summed E-state index contributed by atoms with van der Waals surface area (Å²) in [5.74, 6) is -2.06. The van der Waals surface area contributed by atoms with Gasteiger partial charge in [-0.15, -0.1) is 0 Å². The van der Waals surface area contributed by atoms with Crippen LogP contribution >= 0.6 is 0 Å². The van der Waals surface area contributed by atoms with Gasteiger partial charge in [0.1, 0.15) is 17.5 Å². The molecule has 3 rings (SSSR count). The molecule has 0 spiro atoms. The number of halogens is 3. The van der Waals surface area contributed by atoms with Crippen LogP contribution in [0, 0.1) is 17.5 Å². The largest absolute Gasteiger partial charge is 0.378 e. The maximum Gasteiger partial charge on any atom is 0.326 e. The molecule has 0 radical (unpaired) electrons. The number of rotatable bonds is 5. The highest BCUT2D eigenvalue weighted by Gasteiger charge is 2.18. The number of nitrogens with one attached hydrogen (secondary N) is 1. The van der Waals surface area contributed by atoms with Gasteiger partial charge in [-0.3, -0.25) is 4.90 Å². The number of benzene rings is 3. The van der Waals surface area contributed by atoms with Crippen molar-refractivity contribution in [3.8, 4) is 0 Å². The molecule has 0 aliphatic heterocycles. The predicted molar refractivity (Wildman–Crippen MR) is 109 cm³/mol. The van der Waals surface area contributed by atoms with E-state index < -0.39 is 23.5 Å². The van der Waals surface area contributed by atoms with E-state index in [0.29, 0.717) is 11.8 Å². The summed E-state index contributed by atoms with van der Waals surface area (Å²) in [5, 5.41) is 2.44. The molecule has 150 valence electrons. The van der Waals surface area contributed by atoms with Crippen molar-refractivity contribution in [2.24, 2.45) is 0 Å². The monoisotopic (exact) mass is 399 g/mol. The molecule has 4 nitrogen and oxygen atoms in total. The molecule has 3 aromatic carbocycles. The minimum atomic E-state index is -0.882. The van der Waals surface area contributed by atoms with E-state index in [0.717, 1.165) is 23.4 Å². The zero-order chi connectivity index (χ0) is 21.0. The van der Waals surface area contributed by atoms with E-state index in [2.05, 4.69) is 5.32 Å². The first-order valence-corrected chi connectivity index (χ1v) is 8.89. The summed E-state index contributed by atoms with van der Waals surface area (Å²) in [5.41, 5.74) is 2.11. The predicted octanol–water partition coefficient (Wildman–Crippen LogP) is 5.41. The van der Waals surface area contributed by atoms with E-state index in [1.54, 1.807) is 0 Å². The Labute approximate surface area is 167 Å². The lowest BCUT2D eigenvalue weighted by molar-refractivity contribution is 0.256. The molecule has 3 aromatic rings. The highest BCUT2D eigenvalue weighted by Crippen LogP contribution is 2.22. The van der Waals surface area contributed by atoms with Crippen LogP contribution in [0.25, 0.3) is 0 Å². The first kappa shape index (κ1) is 20.3. The van der Waals surface area contributed by atoms with Gasteiger partial charge in [0.15, 0.2) is 0 Å². The van der Waals surface area contributed by atoms with Crippen LogP contribution in [-0.4, -0.2) is 20.1 Å². The smallest absolute Gasteiger partial charge is 0.326 e. The van der Waals surface area contributed by atoms with Crippen LogP contribution in [-0.2, 0) is 6.54 Å². The summed E-state index contributed by atoms with van der Waals surface area (Å²) in [6.45, 7) is 0.175. The van der Waals surface area contributed by atoms with E-state index >= 15 is 0 Å². The fraction of sp³-hybridized carbons (Fsp3) is 0.136. The fourth-order valence-electron chi connectivity index (χ4n) is 2.76. The van der Waals surface area contributed by atoms with Crippen molar-refractivity contribution in [3.05, 3.63) is 89.7 Å². The Morgan fingerprint density at radius 3 is 2.00 bits per heavy atom. The Bertz CT molecular complexity index is 989. The second-order valence-corrected chi connectivity index (χ2v) is 6.68. The molecule has 2 amide bonds. The maximum atomic E-state index is 13.9. The number of hydrogen-bond acceptors (Lipinski definition) is 2. The van der Waals surface area contributed by atoms with Crippen molar-refractivity contribution < 1.29 is 18.0 Å². The van der Waals surface area contributed by atoms with Crippen molar-refractivity contribution >= 4 is 23.1 Å². The zero-order valence-electron chi connectivity index (χ0n) is 16.0. The molecule has 7 heteroatoms. The van der Waals surface area contributed by atoms with Crippen molar-refractivity contribution in [3.63, 3.8) is 0 Å². The van der Waals surface area contributed by atoms with E-state index in [9.17, 15) is 18.0 Å². The molecule has 1 N–H and O–H groups in total. The summed E-state index contributed by atoms with van der Waals surface area (Å²) in [6.07, 6.45) is 0. The number of carbonyl (C=O) groups is 1. The number of hydrogen-bond donors (Lipinski definition) is 1. The van der Waals surface area contributed by atoms with Crippen molar-refractivity contribution in [1.82, 2.24) is 0 Å². The minimum absolute atomic E-state index is 0.147. The SMILES string of the molecule is CN(C)c1ccc(CN(C(=O)Nc2ccc(F)cc2F)c2ccc(F)cc2)cc1. The molecular formula is C22H20F3N3O. The topological polar surface area (TPSA) is 35.6 Å². The Hall–Kier alpha value is -3.48. The van der Waals surface area contributed by atoms with Gasteiger partial charge in [-0.2, -0.15) is 0 Å². The van der Waals surface area contributed by atoms with Gasteiger partial charge in [-0.25, -0.2) is 18.0 Å². The van der Waals surface area contributed by atoms with Gasteiger partial charge in [0.25, 0.3) is 0 Å². The fourth-order valence-corrected chi connectivity index (χ4v) is 2.76. The normalized spacial score (nSPS) is 10.5. The average molecular weight is 399 g/mol. The highest BCUT2D eigenvalue weighted by molar-refractivity contribution is 6.01. The van der Waals surface area contributed by atoms with Crippen LogP contribution in [0.15, 0.2) is 66.7 Å². The lowest BCUT2D eigenvalue weighted by Gasteiger charge is -2.24. The first-order chi connectivity index (χ1) is 13.8. The third-order valence-electron chi connectivity index (χ3n) is 4.35. The van der Waals surface area contributed by atoms with Gasteiger partial charge >= 0.3 is 6.03 Å². The molecule has 0 aliphatic rings. The number of nitrogens with zero attached hydrogens (tertiary/aromatic N) is 2. The lowest BCUT2D eigenvalue weighted by Crippen LogP contribution is -2.34. The molecule has 29 heavy (non-hydrogen) atoms. The van der Waals surface area contributed by atoms with E-state index in [1.807, 2.05) is 43.3 Å². The molecule has 0 aromatic heterocycles. The van der Waals surface area contributed by atoms with Crippen molar-refractivity contribution in [1.29, 1.82) is 0 Å². The quantitative estimate of drug-likeness (QED) is 0.623. The molecule has 0 saturated carbocycles. The second kappa shape index (κ2) is 8.68. The molecule has 0 heterocycles. The Kier molecular flexibility index (Phi) is 6.07. The van der Waals surface area contributed by atoms with Crippen LogP contribution in [0.4, 0.5) is 35.0 Å². The zero-order valence-corrected chi connectivity index (χ0v) is 16.0. The molecule has 0 aliphatic carbocycles. The molecular weight excluding hydrogens is 379 g/mol. The standard InChI is InChI=1S/C22H20F3N3O/c1-27(2)18-8-3-15(4-9-18)14-28(19-10-5-16(23)6-11-19)22(29)26-21-12-7-17(24)13-20(21)25/h3-13H,14H2,1-2H3,(H,26,29). The molecule has 0 fully saturated rings. The third-order valence-corrected chi connectivity index (χ3v) is 4.35. The van der Waals surface area contributed by atoms with Gasteiger partial charge in [-0.1, -0.05) is 12.1 Å². The van der Waals surface area contributed by atoms with Gasteiger partial charge in [0, 0.05) is 31.5 Å². The summed E-state index contributed by atoms with van der Waals surface area (Å²) in [4.78, 5) is 16.2. The number of amides is 2. The maximum absolute atomic E-state index is 13.9. The Morgan fingerprint density at radius 1 is 0.828 bits per heavy atom.